The molecule has 0 aliphatic carbocycles. The third-order valence-corrected chi connectivity index (χ3v) is 7.01. The minimum absolute atomic E-state index is 0.377. The van der Waals surface area contributed by atoms with Crippen LogP contribution in [0.25, 0.3) is 21.9 Å². The highest BCUT2D eigenvalue weighted by Gasteiger charge is 2.51. The van der Waals surface area contributed by atoms with Gasteiger partial charge in [-0.05, 0) is 79.3 Å². The summed E-state index contributed by atoms with van der Waals surface area (Å²) in [6, 6.07) is 28.9. The average molecular weight is 448 g/mol. The van der Waals surface area contributed by atoms with Gasteiger partial charge in [0.05, 0.1) is 11.2 Å². The molecule has 0 aromatic heterocycles. The molecule has 0 bridgehead atoms. The number of para-hydroxylation sites is 1. The third kappa shape index (κ3) is 4.02. The van der Waals surface area contributed by atoms with Crippen LogP contribution in [-0.2, 0) is 9.31 Å². The molecule has 4 nitrogen and oxygen atoms in total. The smallest absolute Gasteiger partial charge is 0.399 e. The van der Waals surface area contributed by atoms with E-state index in [0.717, 1.165) is 44.3 Å². The van der Waals surface area contributed by atoms with Crippen LogP contribution < -0.4 is 10.8 Å². The highest BCUT2D eigenvalue weighted by atomic mass is 16.7. The maximum atomic E-state index is 8.13. The van der Waals surface area contributed by atoms with Crippen molar-refractivity contribution in [2.45, 2.75) is 38.9 Å². The highest BCUT2D eigenvalue weighted by molar-refractivity contribution is 6.62. The van der Waals surface area contributed by atoms with Crippen LogP contribution in [0.5, 0.6) is 0 Å². The second kappa shape index (κ2) is 8.42. The van der Waals surface area contributed by atoms with E-state index in [4.69, 9.17) is 14.7 Å². The first-order valence-corrected chi connectivity index (χ1v) is 11.6. The second-order valence-electron chi connectivity index (χ2n) is 9.81. The number of hydrogen-bond acceptors (Lipinski definition) is 4. The predicted molar refractivity (Wildman–Crippen MR) is 143 cm³/mol. The highest BCUT2D eigenvalue weighted by Crippen LogP contribution is 2.37. The molecule has 0 unspecified atom stereocenters. The van der Waals surface area contributed by atoms with Gasteiger partial charge in [-0.2, -0.15) is 0 Å². The van der Waals surface area contributed by atoms with Crippen molar-refractivity contribution in [2.24, 2.45) is 0 Å². The molecule has 5 rings (SSSR count). The lowest BCUT2D eigenvalue weighted by atomic mass is 9.78. The molecule has 0 radical (unpaired) electrons. The fraction of sp³-hybridized carbons (Fsp3) is 0.207. The van der Waals surface area contributed by atoms with Gasteiger partial charge in [0.25, 0.3) is 0 Å². The lowest BCUT2D eigenvalue weighted by Gasteiger charge is -2.32. The summed E-state index contributed by atoms with van der Waals surface area (Å²) in [6.45, 7) is 8.28. The molecule has 4 aromatic rings. The fourth-order valence-corrected chi connectivity index (χ4v) is 4.31. The number of rotatable bonds is 5. The molecule has 1 heterocycles. The van der Waals surface area contributed by atoms with Gasteiger partial charge in [0, 0.05) is 23.2 Å². The lowest BCUT2D eigenvalue weighted by molar-refractivity contribution is 0.00578. The van der Waals surface area contributed by atoms with Crippen molar-refractivity contribution >= 4 is 40.9 Å². The Morgan fingerprint density at radius 3 is 2.15 bits per heavy atom. The molecule has 5 heteroatoms. The maximum absolute atomic E-state index is 8.13. The summed E-state index contributed by atoms with van der Waals surface area (Å²) in [7, 11) is -0.399. The number of anilines is 2. The third-order valence-electron chi connectivity index (χ3n) is 7.01. The van der Waals surface area contributed by atoms with Crippen LogP contribution in [-0.4, -0.2) is 24.5 Å². The van der Waals surface area contributed by atoms with Crippen molar-refractivity contribution < 1.29 is 9.31 Å². The van der Waals surface area contributed by atoms with E-state index >= 15 is 0 Å². The lowest BCUT2D eigenvalue weighted by Crippen LogP contribution is -2.41. The Hall–Kier alpha value is -3.41. The van der Waals surface area contributed by atoms with Crippen molar-refractivity contribution in [3.8, 4) is 11.1 Å². The van der Waals surface area contributed by atoms with Crippen molar-refractivity contribution in [3.63, 3.8) is 0 Å². The van der Waals surface area contributed by atoms with E-state index in [1.807, 2.05) is 42.5 Å². The monoisotopic (exact) mass is 448 g/mol. The standard InChI is InChI=1S/C29H29BN2O2/c1-28(2)29(3,4)34-30(33-28)23-10-8-9-21(17-23)22-14-13-20-15-16-27(26(19-31)25(20)18-22)32-24-11-6-5-7-12-24/h5-19,31-32H,1-4H3. The van der Waals surface area contributed by atoms with Gasteiger partial charge in [-0.1, -0.05) is 60.7 Å². The van der Waals surface area contributed by atoms with E-state index in [2.05, 4.69) is 75.5 Å². The molecule has 0 amide bonds. The number of hydrogen-bond donors (Lipinski definition) is 2. The van der Waals surface area contributed by atoms with Gasteiger partial charge in [0.2, 0.25) is 0 Å². The topological polar surface area (TPSA) is 54.3 Å². The normalized spacial score (nSPS) is 16.5. The van der Waals surface area contributed by atoms with Crippen molar-refractivity contribution in [3.05, 3.63) is 90.5 Å². The van der Waals surface area contributed by atoms with Gasteiger partial charge in [-0.3, -0.25) is 0 Å². The minimum atomic E-state index is -0.399. The van der Waals surface area contributed by atoms with Gasteiger partial charge >= 0.3 is 7.12 Å². The summed E-state index contributed by atoms with van der Waals surface area (Å²) in [5.74, 6) is 0. The summed E-state index contributed by atoms with van der Waals surface area (Å²) in [5.41, 5.74) is 5.20. The molecule has 170 valence electrons. The Balaban J connectivity index is 1.52. The maximum Gasteiger partial charge on any atom is 0.494 e. The predicted octanol–water partition coefficient (Wildman–Crippen LogP) is 6.55. The molecule has 34 heavy (non-hydrogen) atoms. The quantitative estimate of drug-likeness (QED) is 0.269. The number of nitrogens with one attached hydrogen (secondary N) is 2. The molecule has 2 N–H and O–H groups in total. The summed E-state index contributed by atoms with van der Waals surface area (Å²) in [6.07, 6.45) is 1.43. The molecule has 0 saturated carbocycles. The molecular weight excluding hydrogens is 419 g/mol. The van der Waals surface area contributed by atoms with Gasteiger partial charge in [0.15, 0.2) is 0 Å². The summed E-state index contributed by atoms with van der Waals surface area (Å²) in [4.78, 5) is 0. The average Bonchev–Trinajstić information content (AvgIpc) is 3.06. The van der Waals surface area contributed by atoms with Gasteiger partial charge in [-0.15, -0.1) is 0 Å². The molecule has 4 aromatic carbocycles. The van der Waals surface area contributed by atoms with Crippen LogP contribution in [0, 0.1) is 5.41 Å². The Morgan fingerprint density at radius 2 is 1.44 bits per heavy atom. The Labute approximate surface area is 201 Å². The molecule has 1 aliphatic rings. The Bertz CT molecular complexity index is 1350. The van der Waals surface area contributed by atoms with Crippen LogP contribution in [0.15, 0.2) is 84.9 Å². The van der Waals surface area contributed by atoms with E-state index in [1.54, 1.807) is 0 Å². The van der Waals surface area contributed by atoms with Crippen molar-refractivity contribution in [2.75, 3.05) is 5.32 Å². The van der Waals surface area contributed by atoms with Crippen molar-refractivity contribution in [1.82, 2.24) is 0 Å². The molecule has 1 fully saturated rings. The zero-order valence-electron chi connectivity index (χ0n) is 20.1. The molecule has 0 atom stereocenters. The summed E-state index contributed by atoms with van der Waals surface area (Å²) < 4.78 is 12.5. The van der Waals surface area contributed by atoms with Gasteiger partial charge in [0.1, 0.15) is 0 Å². The van der Waals surface area contributed by atoms with Crippen LogP contribution in [0.1, 0.15) is 33.3 Å². The van der Waals surface area contributed by atoms with E-state index in [-0.39, 0.29) is 11.2 Å². The van der Waals surface area contributed by atoms with Crippen LogP contribution >= 0.6 is 0 Å². The van der Waals surface area contributed by atoms with Crippen LogP contribution in [0.3, 0.4) is 0 Å². The first-order chi connectivity index (χ1) is 16.3. The first-order valence-electron chi connectivity index (χ1n) is 11.6. The second-order valence-corrected chi connectivity index (χ2v) is 9.81. The van der Waals surface area contributed by atoms with E-state index in [0.29, 0.717) is 0 Å². The van der Waals surface area contributed by atoms with Crippen molar-refractivity contribution in [1.29, 1.82) is 5.41 Å². The zero-order chi connectivity index (χ0) is 23.9. The Kier molecular flexibility index (Phi) is 5.55. The summed E-state index contributed by atoms with van der Waals surface area (Å²) in [5, 5.41) is 13.7. The van der Waals surface area contributed by atoms with E-state index in [9.17, 15) is 0 Å². The molecule has 0 spiro atoms. The van der Waals surface area contributed by atoms with Crippen LogP contribution in [0.2, 0.25) is 0 Å². The minimum Gasteiger partial charge on any atom is -0.399 e. The van der Waals surface area contributed by atoms with E-state index < -0.39 is 7.12 Å². The zero-order valence-corrected chi connectivity index (χ0v) is 20.1. The first kappa shape index (κ1) is 22.4. The molecule has 1 aliphatic heterocycles. The number of fused-ring (bicyclic) bond motifs is 1. The summed E-state index contributed by atoms with van der Waals surface area (Å²) >= 11 is 0. The van der Waals surface area contributed by atoms with E-state index in [1.165, 1.54) is 6.21 Å². The molecular formula is C29H29BN2O2. The van der Waals surface area contributed by atoms with Gasteiger partial charge < -0.3 is 20.0 Å². The SMILES string of the molecule is CC1(C)OB(c2cccc(-c3ccc4ccc(Nc5ccccc5)c(C=N)c4c3)c2)OC1(C)C. The fourth-order valence-electron chi connectivity index (χ4n) is 4.31. The van der Waals surface area contributed by atoms with Crippen LogP contribution in [0.4, 0.5) is 11.4 Å². The largest absolute Gasteiger partial charge is 0.494 e. The molecule has 1 saturated heterocycles. The number of benzene rings is 4. The Morgan fingerprint density at radius 1 is 0.765 bits per heavy atom. The van der Waals surface area contributed by atoms with Gasteiger partial charge in [-0.25, -0.2) is 0 Å².